The maximum atomic E-state index is 12.3. The van der Waals surface area contributed by atoms with Gasteiger partial charge in [0.1, 0.15) is 0 Å². The van der Waals surface area contributed by atoms with Crippen molar-refractivity contribution in [1.82, 2.24) is 0 Å². The molecule has 1 heterocycles. The minimum atomic E-state index is -0.368. The van der Waals surface area contributed by atoms with Crippen molar-refractivity contribution in [1.29, 1.82) is 0 Å². The predicted octanol–water partition coefficient (Wildman–Crippen LogP) is 3.76. The number of anilines is 1. The van der Waals surface area contributed by atoms with E-state index in [4.69, 9.17) is 0 Å². The number of aryl methyl sites for hydroxylation is 2. The fourth-order valence-corrected chi connectivity index (χ4v) is 3.09. The first-order valence-corrected chi connectivity index (χ1v) is 7.44. The van der Waals surface area contributed by atoms with Gasteiger partial charge in [0.05, 0.1) is 5.54 Å². The molecule has 19 heavy (non-hydrogen) atoms. The summed E-state index contributed by atoms with van der Waals surface area (Å²) < 4.78 is 0. The summed E-state index contributed by atoms with van der Waals surface area (Å²) in [6, 6.07) is 6.53. The summed E-state index contributed by atoms with van der Waals surface area (Å²) in [5.41, 5.74) is 3.67. The van der Waals surface area contributed by atoms with Crippen molar-refractivity contribution >= 4 is 11.5 Å². The molecule has 1 aliphatic heterocycles. The molecule has 1 saturated heterocycles. The molecule has 1 aromatic carbocycles. The van der Waals surface area contributed by atoms with Gasteiger partial charge in [-0.2, -0.15) is 0 Å². The molecular formula is C17H25NO. The molecule has 0 atom stereocenters. The first-order valence-electron chi connectivity index (χ1n) is 7.44. The van der Waals surface area contributed by atoms with Crippen LogP contribution in [0.4, 0.5) is 5.69 Å². The van der Waals surface area contributed by atoms with Gasteiger partial charge in [0.2, 0.25) is 0 Å². The van der Waals surface area contributed by atoms with Gasteiger partial charge >= 0.3 is 0 Å². The zero-order chi connectivity index (χ0) is 14.0. The van der Waals surface area contributed by atoms with Crippen LogP contribution in [0.25, 0.3) is 0 Å². The van der Waals surface area contributed by atoms with E-state index in [1.54, 1.807) is 0 Å². The second-order valence-corrected chi connectivity index (χ2v) is 5.87. The molecule has 104 valence electrons. The van der Waals surface area contributed by atoms with Crippen LogP contribution in [0.2, 0.25) is 0 Å². The number of Topliss-reactive ketones (excluding diaryl/α,β-unsaturated/α-hetero) is 1. The van der Waals surface area contributed by atoms with E-state index in [-0.39, 0.29) is 5.54 Å². The number of benzene rings is 1. The quantitative estimate of drug-likeness (QED) is 0.823. The average Bonchev–Trinajstić information content (AvgIpc) is 2.41. The lowest BCUT2D eigenvalue weighted by Gasteiger charge is -2.44. The molecule has 0 aliphatic carbocycles. The third-order valence-corrected chi connectivity index (χ3v) is 4.38. The van der Waals surface area contributed by atoms with E-state index >= 15 is 0 Å². The number of para-hydroxylation sites is 1. The van der Waals surface area contributed by atoms with Crippen LogP contribution in [0.5, 0.6) is 0 Å². The summed E-state index contributed by atoms with van der Waals surface area (Å²) in [5.74, 6) is 0.367. The molecule has 0 radical (unpaired) electrons. The van der Waals surface area contributed by atoms with E-state index in [2.05, 4.69) is 50.8 Å². The van der Waals surface area contributed by atoms with E-state index in [9.17, 15) is 4.79 Å². The Kier molecular flexibility index (Phi) is 3.98. The SMILES string of the molecule is CCc1cccc(CC)c1N1CCCC(=O)C1(C)C. The maximum Gasteiger partial charge on any atom is 0.157 e. The first-order chi connectivity index (χ1) is 9.02. The van der Waals surface area contributed by atoms with Crippen molar-refractivity contribution < 1.29 is 4.79 Å². The molecule has 2 rings (SSSR count). The van der Waals surface area contributed by atoms with E-state index in [0.717, 1.165) is 32.2 Å². The Morgan fingerprint density at radius 2 is 1.74 bits per heavy atom. The second-order valence-electron chi connectivity index (χ2n) is 5.87. The van der Waals surface area contributed by atoms with E-state index in [1.165, 1.54) is 16.8 Å². The lowest BCUT2D eigenvalue weighted by Crippen LogP contribution is -2.54. The topological polar surface area (TPSA) is 20.3 Å². The highest BCUT2D eigenvalue weighted by molar-refractivity contribution is 5.92. The summed E-state index contributed by atoms with van der Waals surface area (Å²) in [7, 11) is 0. The summed E-state index contributed by atoms with van der Waals surface area (Å²) in [4.78, 5) is 14.6. The third kappa shape index (κ3) is 2.41. The summed E-state index contributed by atoms with van der Waals surface area (Å²) in [5, 5.41) is 0. The van der Waals surface area contributed by atoms with Crippen LogP contribution < -0.4 is 4.90 Å². The highest BCUT2D eigenvalue weighted by Gasteiger charge is 2.38. The summed E-state index contributed by atoms with van der Waals surface area (Å²) in [6.45, 7) is 9.51. The summed E-state index contributed by atoms with van der Waals surface area (Å²) in [6.07, 6.45) is 3.73. The Morgan fingerprint density at radius 3 is 2.26 bits per heavy atom. The number of piperidine rings is 1. The minimum absolute atomic E-state index is 0.367. The lowest BCUT2D eigenvalue weighted by molar-refractivity contribution is -0.124. The third-order valence-electron chi connectivity index (χ3n) is 4.38. The molecule has 2 nitrogen and oxygen atoms in total. The zero-order valence-corrected chi connectivity index (χ0v) is 12.6. The molecule has 1 aromatic rings. The van der Waals surface area contributed by atoms with Gasteiger partial charge in [0, 0.05) is 18.7 Å². The van der Waals surface area contributed by atoms with Crippen molar-refractivity contribution in [2.45, 2.75) is 58.9 Å². The Hall–Kier alpha value is -1.31. The molecule has 0 spiro atoms. The molecule has 1 fully saturated rings. The van der Waals surface area contributed by atoms with Crippen LogP contribution in [0.15, 0.2) is 18.2 Å². The van der Waals surface area contributed by atoms with E-state index in [0.29, 0.717) is 5.78 Å². The van der Waals surface area contributed by atoms with Crippen LogP contribution >= 0.6 is 0 Å². The van der Waals surface area contributed by atoms with Gasteiger partial charge in [-0.05, 0) is 44.2 Å². The van der Waals surface area contributed by atoms with Crippen LogP contribution in [0.3, 0.4) is 0 Å². The Balaban J connectivity index is 2.53. The molecule has 2 heteroatoms. The van der Waals surface area contributed by atoms with Crippen LogP contribution in [0.1, 0.15) is 51.7 Å². The number of nitrogens with zero attached hydrogens (tertiary/aromatic N) is 1. The highest BCUT2D eigenvalue weighted by Crippen LogP contribution is 2.35. The van der Waals surface area contributed by atoms with Gasteiger partial charge < -0.3 is 4.90 Å². The Morgan fingerprint density at radius 1 is 1.16 bits per heavy atom. The lowest BCUT2D eigenvalue weighted by atomic mass is 9.86. The standard InChI is InChI=1S/C17H25NO/c1-5-13-9-7-10-14(6-2)16(13)18-12-8-11-15(19)17(18,3)4/h7,9-10H,5-6,8,11-12H2,1-4H3. The minimum Gasteiger partial charge on any atom is -0.359 e. The van der Waals surface area contributed by atoms with Gasteiger partial charge in [-0.1, -0.05) is 32.0 Å². The molecule has 0 bridgehead atoms. The van der Waals surface area contributed by atoms with Gasteiger partial charge in [0.25, 0.3) is 0 Å². The number of hydrogen-bond donors (Lipinski definition) is 0. The van der Waals surface area contributed by atoms with Crippen molar-refractivity contribution in [3.05, 3.63) is 29.3 Å². The smallest absolute Gasteiger partial charge is 0.157 e. The first kappa shape index (κ1) is 14.1. The van der Waals surface area contributed by atoms with Crippen LogP contribution in [-0.2, 0) is 17.6 Å². The number of ketones is 1. The second kappa shape index (κ2) is 5.36. The highest BCUT2D eigenvalue weighted by atomic mass is 16.1. The van der Waals surface area contributed by atoms with Gasteiger partial charge in [-0.15, -0.1) is 0 Å². The summed E-state index contributed by atoms with van der Waals surface area (Å²) >= 11 is 0. The van der Waals surface area contributed by atoms with Gasteiger partial charge in [0.15, 0.2) is 5.78 Å². The molecule has 0 N–H and O–H groups in total. The van der Waals surface area contributed by atoms with Crippen LogP contribution in [-0.4, -0.2) is 17.9 Å². The molecular weight excluding hydrogens is 234 g/mol. The molecule has 0 aromatic heterocycles. The monoisotopic (exact) mass is 259 g/mol. The molecule has 0 unspecified atom stereocenters. The van der Waals surface area contributed by atoms with Crippen molar-refractivity contribution in [2.75, 3.05) is 11.4 Å². The van der Waals surface area contributed by atoms with Crippen molar-refractivity contribution in [2.24, 2.45) is 0 Å². The largest absolute Gasteiger partial charge is 0.359 e. The van der Waals surface area contributed by atoms with Crippen LogP contribution in [0, 0.1) is 0 Å². The maximum absolute atomic E-state index is 12.3. The average molecular weight is 259 g/mol. The number of hydrogen-bond acceptors (Lipinski definition) is 2. The van der Waals surface area contributed by atoms with Crippen molar-refractivity contribution in [3.8, 4) is 0 Å². The van der Waals surface area contributed by atoms with E-state index < -0.39 is 0 Å². The van der Waals surface area contributed by atoms with Crippen molar-refractivity contribution in [3.63, 3.8) is 0 Å². The molecule has 0 saturated carbocycles. The predicted molar refractivity (Wildman–Crippen MR) is 80.9 cm³/mol. The molecule has 1 aliphatic rings. The Bertz CT molecular complexity index is 454. The van der Waals surface area contributed by atoms with E-state index in [1.807, 2.05) is 0 Å². The Labute approximate surface area is 116 Å². The van der Waals surface area contributed by atoms with Gasteiger partial charge in [-0.25, -0.2) is 0 Å². The number of carbonyl (C=O) groups is 1. The number of rotatable bonds is 3. The van der Waals surface area contributed by atoms with Gasteiger partial charge in [-0.3, -0.25) is 4.79 Å². The molecule has 0 amide bonds. The number of carbonyl (C=O) groups excluding carboxylic acids is 1. The normalized spacial score (nSPS) is 18.7. The zero-order valence-electron chi connectivity index (χ0n) is 12.6. The fraction of sp³-hybridized carbons (Fsp3) is 0.588. The fourth-order valence-electron chi connectivity index (χ4n) is 3.09.